The zero-order valence-corrected chi connectivity index (χ0v) is 10.2. The zero-order chi connectivity index (χ0) is 13.1. The van der Waals surface area contributed by atoms with Crippen LogP contribution in [0.5, 0.6) is 0 Å². The maximum absolute atomic E-state index is 7.15. The fraction of sp³-hybridized carbons (Fsp3) is 0.167. The molecule has 0 saturated heterocycles. The van der Waals surface area contributed by atoms with Crippen LogP contribution in [0.2, 0.25) is 0 Å². The summed E-state index contributed by atoms with van der Waals surface area (Å²) in [5, 5.41) is 10.2. The van der Waals surface area contributed by atoms with Crippen LogP contribution in [0.15, 0.2) is 18.3 Å². The van der Waals surface area contributed by atoms with Gasteiger partial charge < -0.3 is 16.5 Å². The first kappa shape index (κ1) is 12.0. The first-order valence-electron chi connectivity index (χ1n) is 5.44. The summed E-state index contributed by atoms with van der Waals surface area (Å²) in [6, 6.07) is 3.50. The van der Waals surface area contributed by atoms with Crippen molar-refractivity contribution in [2.45, 2.75) is 13.8 Å². The number of nitrogens with one attached hydrogen (secondary N) is 2. The van der Waals surface area contributed by atoms with Gasteiger partial charge in [0.25, 0.3) is 0 Å². The Morgan fingerprint density at radius 2 is 2.00 bits per heavy atom. The molecular weight excluding hydrogens is 228 g/mol. The molecule has 18 heavy (non-hydrogen) atoms. The Morgan fingerprint density at radius 1 is 1.22 bits per heavy atom. The van der Waals surface area contributed by atoms with E-state index in [1.54, 1.807) is 12.3 Å². The van der Waals surface area contributed by atoms with Gasteiger partial charge in [-0.05, 0) is 13.8 Å². The Balaban J connectivity index is 2.28. The minimum absolute atomic E-state index is 0.505. The predicted octanol–water partition coefficient (Wildman–Crippen LogP) is 1.81. The third kappa shape index (κ3) is 2.60. The summed E-state index contributed by atoms with van der Waals surface area (Å²) in [7, 11) is 0. The first-order valence-corrected chi connectivity index (χ1v) is 5.44. The number of nitrogens with zero attached hydrogens (tertiary/aromatic N) is 3. The van der Waals surface area contributed by atoms with E-state index in [0.717, 1.165) is 5.69 Å². The standard InChI is InChI=1S/C12H14N6/c1-7-3-12(17-8(2)16-7)18-11-4-10(14)9(5-13)6-15-11/h3-6,13H,1-2H3,(H3,14,15,16,17,18). The van der Waals surface area contributed by atoms with E-state index in [2.05, 4.69) is 20.3 Å². The highest BCUT2D eigenvalue weighted by atomic mass is 15.1. The van der Waals surface area contributed by atoms with Gasteiger partial charge in [0, 0.05) is 41.5 Å². The Morgan fingerprint density at radius 3 is 2.61 bits per heavy atom. The third-order valence-electron chi connectivity index (χ3n) is 2.35. The van der Waals surface area contributed by atoms with Gasteiger partial charge in [-0.1, -0.05) is 0 Å². The molecule has 0 spiro atoms. The van der Waals surface area contributed by atoms with Gasteiger partial charge in [0.1, 0.15) is 17.5 Å². The maximum Gasteiger partial charge on any atom is 0.135 e. The van der Waals surface area contributed by atoms with Crippen molar-refractivity contribution in [3.63, 3.8) is 0 Å². The van der Waals surface area contributed by atoms with E-state index < -0.39 is 0 Å². The fourth-order valence-corrected chi connectivity index (χ4v) is 1.58. The molecule has 2 heterocycles. The molecule has 0 amide bonds. The number of nitrogen functional groups attached to an aromatic ring is 1. The van der Waals surface area contributed by atoms with Gasteiger partial charge in [-0.3, -0.25) is 0 Å². The SMILES string of the molecule is Cc1cc(Nc2cc(N)c(C=N)cn2)nc(C)n1. The van der Waals surface area contributed by atoms with Crippen molar-refractivity contribution in [3.8, 4) is 0 Å². The summed E-state index contributed by atoms with van der Waals surface area (Å²) in [5.41, 5.74) is 7.76. The summed E-state index contributed by atoms with van der Waals surface area (Å²) in [6.07, 6.45) is 2.72. The van der Waals surface area contributed by atoms with Crippen molar-refractivity contribution in [2.75, 3.05) is 11.1 Å². The van der Waals surface area contributed by atoms with Crippen molar-refractivity contribution < 1.29 is 0 Å². The van der Waals surface area contributed by atoms with Crippen LogP contribution in [0.3, 0.4) is 0 Å². The van der Waals surface area contributed by atoms with Gasteiger partial charge in [-0.15, -0.1) is 0 Å². The number of rotatable bonds is 3. The van der Waals surface area contributed by atoms with Crippen LogP contribution in [-0.4, -0.2) is 21.2 Å². The highest BCUT2D eigenvalue weighted by molar-refractivity contribution is 5.85. The van der Waals surface area contributed by atoms with Crippen LogP contribution in [0.25, 0.3) is 0 Å². The summed E-state index contributed by atoms with van der Waals surface area (Å²) in [4.78, 5) is 12.6. The van der Waals surface area contributed by atoms with E-state index in [1.165, 1.54) is 6.21 Å². The predicted molar refractivity (Wildman–Crippen MR) is 71.3 cm³/mol. The van der Waals surface area contributed by atoms with Gasteiger partial charge >= 0.3 is 0 Å². The number of hydrogen-bond acceptors (Lipinski definition) is 6. The molecule has 0 aliphatic heterocycles. The molecule has 2 rings (SSSR count). The van der Waals surface area contributed by atoms with E-state index in [1.807, 2.05) is 19.9 Å². The fourth-order valence-electron chi connectivity index (χ4n) is 1.58. The normalized spacial score (nSPS) is 10.1. The quantitative estimate of drug-likeness (QED) is 0.712. The summed E-state index contributed by atoms with van der Waals surface area (Å²) < 4.78 is 0. The topological polar surface area (TPSA) is 101 Å². The molecular formula is C12H14N6. The number of nitrogens with two attached hydrogens (primary N) is 1. The maximum atomic E-state index is 7.15. The van der Waals surface area contributed by atoms with Gasteiger partial charge in [0.05, 0.1) is 0 Å². The van der Waals surface area contributed by atoms with Crippen LogP contribution >= 0.6 is 0 Å². The second-order valence-electron chi connectivity index (χ2n) is 3.91. The van der Waals surface area contributed by atoms with Crippen molar-refractivity contribution in [2.24, 2.45) is 0 Å². The second-order valence-corrected chi connectivity index (χ2v) is 3.91. The lowest BCUT2D eigenvalue weighted by Gasteiger charge is -2.07. The summed E-state index contributed by atoms with van der Waals surface area (Å²) >= 11 is 0. The van der Waals surface area contributed by atoms with Crippen LogP contribution in [-0.2, 0) is 0 Å². The first-order chi connectivity index (χ1) is 8.58. The molecule has 0 saturated carbocycles. The second kappa shape index (κ2) is 4.79. The summed E-state index contributed by atoms with van der Waals surface area (Å²) in [5.74, 6) is 1.96. The zero-order valence-electron chi connectivity index (χ0n) is 10.2. The van der Waals surface area contributed by atoms with Crippen molar-refractivity contribution in [3.05, 3.63) is 35.4 Å². The average Bonchev–Trinajstić information content (AvgIpc) is 2.27. The van der Waals surface area contributed by atoms with Gasteiger partial charge in [0.15, 0.2) is 0 Å². The molecule has 0 aliphatic rings. The van der Waals surface area contributed by atoms with Crippen molar-refractivity contribution in [1.82, 2.24) is 15.0 Å². The lowest BCUT2D eigenvalue weighted by Crippen LogP contribution is -2.02. The molecule has 0 aromatic carbocycles. The molecule has 92 valence electrons. The van der Waals surface area contributed by atoms with E-state index in [4.69, 9.17) is 11.1 Å². The lowest BCUT2D eigenvalue weighted by atomic mass is 10.2. The molecule has 6 nitrogen and oxygen atoms in total. The molecule has 0 atom stereocenters. The number of aromatic nitrogens is 3. The molecule has 0 fully saturated rings. The van der Waals surface area contributed by atoms with Crippen molar-refractivity contribution in [1.29, 1.82) is 5.41 Å². The van der Waals surface area contributed by atoms with E-state index in [-0.39, 0.29) is 0 Å². The Bertz CT molecular complexity index is 573. The number of hydrogen-bond donors (Lipinski definition) is 3. The highest BCUT2D eigenvalue weighted by Gasteiger charge is 2.03. The van der Waals surface area contributed by atoms with E-state index in [0.29, 0.717) is 28.7 Å². The Hall–Kier alpha value is -2.50. The highest BCUT2D eigenvalue weighted by Crippen LogP contribution is 2.17. The van der Waals surface area contributed by atoms with Gasteiger partial charge in [-0.25, -0.2) is 15.0 Å². The number of anilines is 3. The Labute approximate surface area is 105 Å². The number of aryl methyl sites for hydroxylation is 2. The molecule has 2 aromatic rings. The minimum Gasteiger partial charge on any atom is -0.398 e. The van der Waals surface area contributed by atoms with Crippen LogP contribution < -0.4 is 11.1 Å². The monoisotopic (exact) mass is 242 g/mol. The smallest absolute Gasteiger partial charge is 0.135 e. The largest absolute Gasteiger partial charge is 0.398 e. The van der Waals surface area contributed by atoms with E-state index >= 15 is 0 Å². The van der Waals surface area contributed by atoms with E-state index in [9.17, 15) is 0 Å². The summed E-state index contributed by atoms with van der Waals surface area (Å²) in [6.45, 7) is 3.73. The number of pyridine rings is 1. The van der Waals surface area contributed by atoms with Crippen LogP contribution in [0, 0.1) is 19.3 Å². The molecule has 0 bridgehead atoms. The molecule has 4 N–H and O–H groups in total. The average molecular weight is 242 g/mol. The van der Waals surface area contributed by atoms with Gasteiger partial charge in [0.2, 0.25) is 0 Å². The van der Waals surface area contributed by atoms with Crippen LogP contribution in [0.1, 0.15) is 17.1 Å². The Kier molecular flexibility index (Phi) is 3.18. The molecule has 0 aliphatic carbocycles. The lowest BCUT2D eigenvalue weighted by molar-refractivity contribution is 1.01. The molecule has 0 unspecified atom stereocenters. The minimum atomic E-state index is 0.505. The molecule has 0 radical (unpaired) electrons. The van der Waals surface area contributed by atoms with Crippen molar-refractivity contribution >= 4 is 23.5 Å². The molecule has 2 aromatic heterocycles. The molecule has 6 heteroatoms. The van der Waals surface area contributed by atoms with Crippen LogP contribution in [0.4, 0.5) is 17.3 Å². The third-order valence-corrected chi connectivity index (χ3v) is 2.35. The van der Waals surface area contributed by atoms with Gasteiger partial charge in [-0.2, -0.15) is 0 Å².